The Morgan fingerprint density at radius 2 is 1.00 bits per heavy atom. The zero-order valence-electron chi connectivity index (χ0n) is 26.3. The van der Waals surface area contributed by atoms with E-state index in [2.05, 4.69) is 135 Å². The van der Waals surface area contributed by atoms with Crippen LogP contribution in [0.5, 0.6) is 0 Å². The van der Waals surface area contributed by atoms with Crippen LogP contribution >= 0.6 is 0 Å². The van der Waals surface area contributed by atoms with Gasteiger partial charge >= 0.3 is 0 Å². The summed E-state index contributed by atoms with van der Waals surface area (Å²) in [5.41, 5.74) is 14.9. The highest BCUT2D eigenvalue weighted by molar-refractivity contribution is 5.86. The lowest BCUT2D eigenvalue weighted by molar-refractivity contribution is 0.660. The molecular weight excluding hydrogens is 571 g/mol. The highest BCUT2D eigenvalue weighted by Gasteiger charge is 2.35. The van der Waals surface area contributed by atoms with Crippen LogP contribution in [0.15, 0.2) is 152 Å². The van der Waals surface area contributed by atoms with Gasteiger partial charge in [-0.1, -0.05) is 141 Å². The number of hydrogen-bond acceptors (Lipinski definition) is 3. The predicted octanol–water partition coefficient (Wildman–Crippen LogP) is 11.0. The molecule has 0 spiro atoms. The summed E-state index contributed by atoms with van der Waals surface area (Å²) in [6.07, 6.45) is 0. The largest absolute Gasteiger partial charge is 0.228 e. The van der Waals surface area contributed by atoms with Crippen LogP contribution in [0.2, 0.25) is 0 Å². The third-order valence-electron chi connectivity index (χ3n) is 9.37. The minimum Gasteiger partial charge on any atom is -0.228 e. The zero-order chi connectivity index (χ0) is 32.0. The van der Waals surface area contributed by atoms with E-state index in [4.69, 9.17) is 9.97 Å². The summed E-state index contributed by atoms with van der Waals surface area (Å²) in [7, 11) is 0. The van der Waals surface area contributed by atoms with E-state index in [1.54, 1.807) is 0 Å². The maximum atomic E-state index is 9.57. The molecule has 8 rings (SSSR count). The fraction of sp³-hybridized carbons (Fsp3) is 0.0682. The van der Waals surface area contributed by atoms with Crippen LogP contribution in [0.3, 0.4) is 0 Å². The molecule has 0 aliphatic heterocycles. The summed E-state index contributed by atoms with van der Waals surface area (Å²) in [6.45, 7) is 4.52. The smallest absolute Gasteiger partial charge is 0.160 e. The van der Waals surface area contributed by atoms with Crippen molar-refractivity contribution in [2.75, 3.05) is 0 Å². The summed E-state index contributed by atoms with van der Waals surface area (Å²) in [4.78, 5) is 10.2. The van der Waals surface area contributed by atoms with E-state index in [9.17, 15) is 5.26 Å². The maximum absolute atomic E-state index is 9.57. The van der Waals surface area contributed by atoms with E-state index in [1.807, 2.05) is 36.4 Å². The predicted molar refractivity (Wildman–Crippen MR) is 191 cm³/mol. The van der Waals surface area contributed by atoms with Crippen LogP contribution in [-0.4, -0.2) is 9.97 Å². The number of rotatable bonds is 5. The summed E-state index contributed by atoms with van der Waals surface area (Å²) >= 11 is 0. The van der Waals surface area contributed by atoms with Crippen molar-refractivity contribution in [2.45, 2.75) is 19.3 Å². The fourth-order valence-corrected chi connectivity index (χ4v) is 6.88. The Balaban J connectivity index is 1.21. The Morgan fingerprint density at radius 3 is 1.70 bits per heavy atom. The van der Waals surface area contributed by atoms with Gasteiger partial charge in [0.1, 0.15) is 0 Å². The molecule has 6 aromatic carbocycles. The van der Waals surface area contributed by atoms with Crippen molar-refractivity contribution in [1.82, 2.24) is 9.97 Å². The monoisotopic (exact) mass is 601 g/mol. The van der Waals surface area contributed by atoms with Crippen molar-refractivity contribution in [1.29, 1.82) is 5.26 Å². The molecule has 3 heteroatoms. The highest BCUT2D eigenvalue weighted by atomic mass is 14.9. The Hall–Kier alpha value is -6.11. The summed E-state index contributed by atoms with van der Waals surface area (Å²) < 4.78 is 0. The topological polar surface area (TPSA) is 49.6 Å². The Morgan fingerprint density at radius 1 is 0.447 bits per heavy atom. The second-order valence-corrected chi connectivity index (χ2v) is 12.6. The normalized spacial score (nSPS) is 12.6. The SMILES string of the molecule is CC1(C)c2ccc(C#N)cc2-c2cc(-c3ccc(-c4cc(-c5ccccc5-c5ccccc5)nc(-c5ccccc5)n4)cc3)ccc21. The van der Waals surface area contributed by atoms with Crippen molar-refractivity contribution in [2.24, 2.45) is 0 Å². The summed E-state index contributed by atoms with van der Waals surface area (Å²) in [5.74, 6) is 0.696. The summed E-state index contributed by atoms with van der Waals surface area (Å²) in [6, 6.07) is 54.9. The second kappa shape index (κ2) is 11.4. The molecule has 1 heterocycles. The van der Waals surface area contributed by atoms with Gasteiger partial charge in [0, 0.05) is 22.1 Å². The molecule has 3 nitrogen and oxygen atoms in total. The van der Waals surface area contributed by atoms with Crippen molar-refractivity contribution in [3.8, 4) is 73.4 Å². The van der Waals surface area contributed by atoms with E-state index in [0.29, 0.717) is 11.4 Å². The first-order chi connectivity index (χ1) is 23.0. The van der Waals surface area contributed by atoms with Gasteiger partial charge in [-0.15, -0.1) is 0 Å². The van der Waals surface area contributed by atoms with Gasteiger partial charge in [0.2, 0.25) is 0 Å². The van der Waals surface area contributed by atoms with Crippen LogP contribution in [0, 0.1) is 11.3 Å². The van der Waals surface area contributed by atoms with Crippen LogP contribution in [-0.2, 0) is 5.41 Å². The first-order valence-corrected chi connectivity index (χ1v) is 15.9. The number of aromatic nitrogens is 2. The third-order valence-corrected chi connectivity index (χ3v) is 9.37. The van der Waals surface area contributed by atoms with Crippen LogP contribution < -0.4 is 0 Å². The lowest BCUT2D eigenvalue weighted by Crippen LogP contribution is -2.14. The number of benzene rings is 6. The van der Waals surface area contributed by atoms with Crippen LogP contribution in [0.25, 0.3) is 67.3 Å². The number of nitriles is 1. The minimum absolute atomic E-state index is 0.110. The van der Waals surface area contributed by atoms with Gasteiger partial charge in [0.15, 0.2) is 5.82 Å². The van der Waals surface area contributed by atoms with Crippen LogP contribution in [0.1, 0.15) is 30.5 Å². The van der Waals surface area contributed by atoms with Crippen LogP contribution in [0.4, 0.5) is 0 Å². The molecule has 0 N–H and O–H groups in total. The molecule has 0 saturated heterocycles. The van der Waals surface area contributed by atoms with Gasteiger partial charge in [-0.25, -0.2) is 9.97 Å². The first-order valence-electron chi connectivity index (χ1n) is 15.9. The number of nitrogens with zero attached hydrogens (tertiary/aromatic N) is 3. The molecule has 0 amide bonds. The second-order valence-electron chi connectivity index (χ2n) is 12.6. The van der Waals surface area contributed by atoms with E-state index >= 15 is 0 Å². The van der Waals surface area contributed by atoms with Gasteiger partial charge < -0.3 is 0 Å². The molecular formula is C44H31N3. The van der Waals surface area contributed by atoms with Gasteiger partial charge in [0.05, 0.1) is 23.0 Å². The Bertz CT molecular complexity index is 2310. The average Bonchev–Trinajstić information content (AvgIpc) is 3.37. The lowest BCUT2D eigenvalue weighted by atomic mass is 9.82. The molecule has 222 valence electrons. The highest BCUT2D eigenvalue weighted by Crippen LogP contribution is 2.50. The summed E-state index contributed by atoms with van der Waals surface area (Å²) in [5, 5.41) is 9.57. The molecule has 1 aliphatic rings. The van der Waals surface area contributed by atoms with Crippen molar-refractivity contribution < 1.29 is 0 Å². The lowest BCUT2D eigenvalue weighted by Gasteiger charge is -2.21. The van der Waals surface area contributed by atoms with E-state index in [0.717, 1.165) is 55.9 Å². The molecule has 0 bridgehead atoms. The zero-order valence-corrected chi connectivity index (χ0v) is 26.3. The van der Waals surface area contributed by atoms with Crippen molar-refractivity contribution in [3.05, 3.63) is 168 Å². The molecule has 0 fully saturated rings. The molecule has 0 saturated carbocycles. The van der Waals surface area contributed by atoms with Gasteiger partial charge in [-0.05, 0) is 68.8 Å². The molecule has 0 atom stereocenters. The van der Waals surface area contributed by atoms with E-state index < -0.39 is 0 Å². The average molecular weight is 602 g/mol. The van der Waals surface area contributed by atoms with Gasteiger partial charge in [-0.2, -0.15) is 5.26 Å². The van der Waals surface area contributed by atoms with Crippen molar-refractivity contribution in [3.63, 3.8) is 0 Å². The van der Waals surface area contributed by atoms with E-state index in [1.165, 1.54) is 16.7 Å². The standard InChI is InChI=1S/C44H31N3/c1-44(2)39-23-17-29(28-45)25-37(39)38-26-34(22-24-40(38)44)30-18-20-32(21-19-30)41-27-42(47-43(46-41)33-13-7-4-8-14-33)36-16-10-9-15-35(36)31-11-5-3-6-12-31/h3-27H,1-2H3. The van der Waals surface area contributed by atoms with Crippen molar-refractivity contribution >= 4 is 0 Å². The third kappa shape index (κ3) is 5.01. The van der Waals surface area contributed by atoms with Gasteiger partial charge in [-0.3, -0.25) is 0 Å². The molecule has 0 radical (unpaired) electrons. The fourth-order valence-electron chi connectivity index (χ4n) is 6.88. The quantitative estimate of drug-likeness (QED) is 0.197. The minimum atomic E-state index is -0.110. The number of hydrogen-bond donors (Lipinski definition) is 0. The molecule has 1 aromatic heterocycles. The molecule has 7 aromatic rings. The Labute approximate surface area is 275 Å². The maximum Gasteiger partial charge on any atom is 0.160 e. The Kier molecular flexibility index (Phi) is 6.85. The molecule has 47 heavy (non-hydrogen) atoms. The molecule has 0 unspecified atom stereocenters. The van der Waals surface area contributed by atoms with E-state index in [-0.39, 0.29) is 5.41 Å². The van der Waals surface area contributed by atoms with Gasteiger partial charge in [0.25, 0.3) is 0 Å². The first kappa shape index (κ1) is 28.4. The molecule has 1 aliphatic carbocycles. The number of fused-ring (bicyclic) bond motifs is 3.